The second kappa shape index (κ2) is 22.5. The van der Waals surface area contributed by atoms with E-state index in [1.54, 1.807) is 0 Å². The second-order valence-electron chi connectivity index (χ2n) is 7.07. The average Bonchev–Trinajstić information content (AvgIpc) is 2.61. The van der Waals surface area contributed by atoms with Crippen molar-refractivity contribution < 1.29 is 29.7 Å². The Balaban J connectivity index is 0. The highest BCUT2D eigenvalue weighted by molar-refractivity contribution is 5.92. The maximum Gasteiger partial charge on any atom is 0.317 e. The molecule has 0 amide bonds. The standard InChI is InChI=1S/C20H38O4.CH2O2/c1-2-3-4-5-6-7-8-9-10-11-12-13-14-15-16-17-18(19(21)22)20(23)24;2-1-3/h18H,2-17H2,1H3,(H,21,22)(H,23,24);1H,(H,2,3). The summed E-state index contributed by atoms with van der Waals surface area (Å²) < 4.78 is 0. The first-order valence-electron chi connectivity index (χ1n) is 10.5. The molecule has 0 fully saturated rings. The zero-order valence-electron chi connectivity index (χ0n) is 17.0. The predicted molar refractivity (Wildman–Crippen MR) is 107 cm³/mol. The van der Waals surface area contributed by atoms with Crippen molar-refractivity contribution >= 4 is 18.4 Å². The highest BCUT2D eigenvalue weighted by atomic mass is 16.4. The molecule has 0 aromatic rings. The lowest BCUT2D eigenvalue weighted by atomic mass is 10.00. The third-order valence-electron chi connectivity index (χ3n) is 4.69. The van der Waals surface area contributed by atoms with Crippen LogP contribution < -0.4 is 0 Å². The number of carbonyl (C=O) groups is 3. The summed E-state index contributed by atoms with van der Waals surface area (Å²) in [6, 6.07) is 0. The van der Waals surface area contributed by atoms with Crippen LogP contribution in [0.4, 0.5) is 0 Å². The van der Waals surface area contributed by atoms with E-state index in [9.17, 15) is 9.59 Å². The minimum atomic E-state index is -1.23. The van der Waals surface area contributed by atoms with E-state index in [0.29, 0.717) is 6.42 Å². The Kier molecular flexibility index (Phi) is 23.0. The molecular formula is C21H40O6. The van der Waals surface area contributed by atoms with Crippen molar-refractivity contribution in [1.29, 1.82) is 0 Å². The van der Waals surface area contributed by atoms with E-state index in [0.717, 1.165) is 12.8 Å². The van der Waals surface area contributed by atoms with Gasteiger partial charge in [-0.1, -0.05) is 103 Å². The molecule has 0 unspecified atom stereocenters. The lowest BCUT2D eigenvalue weighted by Gasteiger charge is -2.07. The van der Waals surface area contributed by atoms with E-state index in [1.165, 1.54) is 77.0 Å². The Morgan fingerprint density at radius 1 is 0.667 bits per heavy atom. The van der Waals surface area contributed by atoms with E-state index in [1.807, 2.05) is 0 Å². The van der Waals surface area contributed by atoms with Crippen molar-refractivity contribution in [2.75, 3.05) is 0 Å². The van der Waals surface area contributed by atoms with Gasteiger partial charge in [0.2, 0.25) is 0 Å². The predicted octanol–water partition coefficient (Wildman–Crippen LogP) is 5.73. The minimum absolute atomic E-state index is 0.250. The van der Waals surface area contributed by atoms with Crippen LogP contribution in [0.2, 0.25) is 0 Å². The normalized spacial score (nSPS) is 10.3. The van der Waals surface area contributed by atoms with E-state index in [-0.39, 0.29) is 12.9 Å². The van der Waals surface area contributed by atoms with Gasteiger partial charge in [-0.25, -0.2) is 0 Å². The molecule has 27 heavy (non-hydrogen) atoms. The Hall–Kier alpha value is -1.59. The maximum absolute atomic E-state index is 10.7. The Morgan fingerprint density at radius 2 is 0.926 bits per heavy atom. The molecule has 3 N–H and O–H groups in total. The van der Waals surface area contributed by atoms with Crippen LogP contribution in [-0.4, -0.2) is 33.7 Å². The van der Waals surface area contributed by atoms with E-state index >= 15 is 0 Å². The summed E-state index contributed by atoms with van der Waals surface area (Å²) in [6.07, 6.45) is 19.0. The molecule has 0 atom stereocenters. The lowest BCUT2D eigenvalue weighted by Crippen LogP contribution is -2.23. The van der Waals surface area contributed by atoms with Crippen molar-refractivity contribution in [3.05, 3.63) is 0 Å². The van der Waals surface area contributed by atoms with E-state index in [2.05, 4.69) is 6.92 Å². The average molecular weight is 389 g/mol. The van der Waals surface area contributed by atoms with Crippen LogP contribution in [0.5, 0.6) is 0 Å². The van der Waals surface area contributed by atoms with Gasteiger partial charge in [0.15, 0.2) is 5.92 Å². The van der Waals surface area contributed by atoms with Gasteiger partial charge in [-0.15, -0.1) is 0 Å². The van der Waals surface area contributed by atoms with Crippen LogP contribution in [0.15, 0.2) is 0 Å². The number of carboxylic acid groups (broad SMARTS) is 3. The van der Waals surface area contributed by atoms with Crippen LogP contribution in [0.3, 0.4) is 0 Å². The highest BCUT2D eigenvalue weighted by Gasteiger charge is 2.24. The molecule has 6 heteroatoms. The number of hydrogen-bond donors (Lipinski definition) is 3. The van der Waals surface area contributed by atoms with Gasteiger partial charge in [-0.2, -0.15) is 0 Å². The largest absolute Gasteiger partial charge is 0.483 e. The first kappa shape index (κ1) is 27.6. The summed E-state index contributed by atoms with van der Waals surface area (Å²) in [7, 11) is 0. The van der Waals surface area contributed by atoms with Gasteiger partial charge in [0, 0.05) is 0 Å². The molecule has 0 radical (unpaired) electrons. The van der Waals surface area contributed by atoms with Gasteiger partial charge in [-0.05, 0) is 6.42 Å². The van der Waals surface area contributed by atoms with Gasteiger partial charge >= 0.3 is 11.9 Å². The van der Waals surface area contributed by atoms with Gasteiger partial charge in [-0.3, -0.25) is 14.4 Å². The molecule has 0 saturated carbocycles. The number of unbranched alkanes of at least 4 members (excludes halogenated alkanes) is 14. The summed E-state index contributed by atoms with van der Waals surface area (Å²) in [6.45, 7) is 2.00. The van der Waals surface area contributed by atoms with Crippen molar-refractivity contribution in [2.45, 2.75) is 110 Å². The van der Waals surface area contributed by atoms with Gasteiger partial charge < -0.3 is 15.3 Å². The molecule has 160 valence electrons. The van der Waals surface area contributed by atoms with Gasteiger partial charge in [0.05, 0.1) is 0 Å². The molecular weight excluding hydrogens is 348 g/mol. The van der Waals surface area contributed by atoms with Crippen molar-refractivity contribution in [1.82, 2.24) is 0 Å². The van der Waals surface area contributed by atoms with Gasteiger partial charge in [0.25, 0.3) is 6.47 Å². The monoisotopic (exact) mass is 388 g/mol. The fraction of sp³-hybridized carbons (Fsp3) is 0.857. The smallest absolute Gasteiger partial charge is 0.317 e. The quantitative estimate of drug-likeness (QED) is 0.157. The number of aliphatic carboxylic acids is 2. The zero-order valence-corrected chi connectivity index (χ0v) is 17.0. The third kappa shape index (κ3) is 22.4. The molecule has 0 saturated heterocycles. The summed E-state index contributed by atoms with van der Waals surface area (Å²) in [5, 5.41) is 24.4. The van der Waals surface area contributed by atoms with Crippen LogP contribution >= 0.6 is 0 Å². The van der Waals surface area contributed by atoms with Gasteiger partial charge in [0.1, 0.15) is 0 Å². The third-order valence-corrected chi connectivity index (χ3v) is 4.69. The maximum atomic E-state index is 10.7. The van der Waals surface area contributed by atoms with E-state index < -0.39 is 17.9 Å². The Labute approximate surface area is 164 Å². The summed E-state index contributed by atoms with van der Waals surface area (Å²) >= 11 is 0. The number of carboxylic acids is 2. The molecule has 6 nitrogen and oxygen atoms in total. The SMILES string of the molecule is CCCCCCCCCCCCCCCCCC(C(=O)O)C(=O)O.O=CO. The zero-order chi connectivity index (χ0) is 20.8. The van der Waals surface area contributed by atoms with Crippen molar-refractivity contribution in [2.24, 2.45) is 5.92 Å². The molecule has 0 aliphatic heterocycles. The van der Waals surface area contributed by atoms with Crippen molar-refractivity contribution in [3.63, 3.8) is 0 Å². The molecule has 0 aliphatic carbocycles. The Morgan fingerprint density at radius 3 is 1.19 bits per heavy atom. The summed E-state index contributed by atoms with van der Waals surface area (Å²) in [4.78, 5) is 29.8. The van der Waals surface area contributed by atoms with Crippen molar-refractivity contribution in [3.8, 4) is 0 Å². The first-order chi connectivity index (χ1) is 13.0. The van der Waals surface area contributed by atoms with Crippen LogP contribution in [-0.2, 0) is 14.4 Å². The highest BCUT2D eigenvalue weighted by Crippen LogP contribution is 2.15. The minimum Gasteiger partial charge on any atom is -0.483 e. The molecule has 0 heterocycles. The fourth-order valence-electron chi connectivity index (χ4n) is 3.07. The molecule has 0 spiro atoms. The first-order valence-corrected chi connectivity index (χ1v) is 10.5. The molecule has 0 aromatic carbocycles. The van der Waals surface area contributed by atoms with E-state index in [4.69, 9.17) is 20.1 Å². The Bertz CT molecular complexity index is 343. The summed E-state index contributed by atoms with van der Waals surface area (Å²) in [5.74, 6) is -3.66. The molecule has 0 aliphatic rings. The fourth-order valence-corrected chi connectivity index (χ4v) is 3.07. The van der Waals surface area contributed by atoms with Crippen LogP contribution in [0.1, 0.15) is 110 Å². The summed E-state index contributed by atoms with van der Waals surface area (Å²) in [5.41, 5.74) is 0. The molecule has 0 bridgehead atoms. The molecule has 0 rings (SSSR count). The number of hydrogen-bond acceptors (Lipinski definition) is 3. The van der Waals surface area contributed by atoms with Crippen LogP contribution in [0, 0.1) is 5.92 Å². The second-order valence-corrected chi connectivity index (χ2v) is 7.07. The topological polar surface area (TPSA) is 112 Å². The molecule has 0 aromatic heterocycles. The number of rotatable bonds is 18. The van der Waals surface area contributed by atoms with Crippen LogP contribution in [0.25, 0.3) is 0 Å². The lowest BCUT2D eigenvalue weighted by molar-refractivity contribution is -0.154.